The largest absolute Gasteiger partial charge is 0.463 e. The maximum absolute atomic E-state index is 6.18. The predicted octanol–water partition coefficient (Wildman–Crippen LogP) is 3.65. The Hall–Kier alpha value is -3.72. The molecule has 9 heteroatoms. The molecule has 0 saturated heterocycles. The molecule has 0 spiro atoms. The third kappa shape index (κ3) is 4.58. The molecule has 4 bridgehead atoms. The number of rotatable bonds is 5. The van der Waals surface area contributed by atoms with Crippen molar-refractivity contribution in [2.24, 2.45) is 0 Å². The number of hydrogen-bond acceptors (Lipinski definition) is 7. The summed E-state index contributed by atoms with van der Waals surface area (Å²) in [7, 11) is 0. The van der Waals surface area contributed by atoms with Crippen molar-refractivity contribution in [2.45, 2.75) is 58.2 Å². The monoisotopic (exact) mass is 484 g/mol. The summed E-state index contributed by atoms with van der Waals surface area (Å²) in [5.41, 5.74) is 12.3. The van der Waals surface area contributed by atoms with Crippen LogP contribution in [0.5, 0.6) is 6.01 Å². The first kappa shape index (κ1) is 22.7. The van der Waals surface area contributed by atoms with Crippen molar-refractivity contribution in [1.82, 2.24) is 34.6 Å². The minimum atomic E-state index is 0.294. The van der Waals surface area contributed by atoms with Gasteiger partial charge in [0, 0.05) is 24.3 Å². The van der Waals surface area contributed by atoms with Crippen molar-refractivity contribution in [3.05, 3.63) is 59.7 Å². The van der Waals surface area contributed by atoms with Crippen molar-refractivity contribution in [1.29, 1.82) is 0 Å². The first-order valence-electron chi connectivity index (χ1n) is 12.8. The molecule has 1 aliphatic heterocycles. The number of ether oxygens (including phenoxy) is 1. The molecule has 0 amide bonds. The topological polar surface area (TPSA) is 109 Å². The Labute approximate surface area is 210 Å². The van der Waals surface area contributed by atoms with Crippen molar-refractivity contribution >= 4 is 17.0 Å². The Morgan fingerprint density at radius 3 is 2.94 bits per heavy atom. The summed E-state index contributed by atoms with van der Waals surface area (Å²) in [6, 6.07) is 7.67. The van der Waals surface area contributed by atoms with Crippen LogP contribution in [0.15, 0.2) is 42.7 Å². The van der Waals surface area contributed by atoms with Gasteiger partial charge in [0.15, 0.2) is 17.0 Å². The molecule has 36 heavy (non-hydrogen) atoms. The molecule has 186 valence electrons. The van der Waals surface area contributed by atoms with Gasteiger partial charge in [-0.3, -0.25) is 4.68 Å². The summed E-state index contributed by atoms with van der Waals surface area (Å²) < 4.78 is 9.91. The third-order valence-corrected chi connectivity index (χ3v) is 7.15. The maximum Gasteiger partial charge on any atom is 0.320 e. The summed E-state index contributed by atoms with van der Waals surface area (Å²) >= 11 is 0. The second-order valence-corrected chi connectivity index (χ2v) is 9.69. The van der Waals surface area contributed by atoms with Gasteiger partial charge < -0.3 is 20.4 Å². The van der Waals surface area contributed by atoms with Crippen LogP contribution in [-0.4, -0.2) is 48.5 Å². The van der Waals surface area contributed by atoms with E-state index in [1.165, 1.54) is 36.0 Å². The van der Waals surface area contributed by atoms with Crippen molar-refractivity contribution < 1.29 is 4.74 Å². The zero-order valence-electron chi connectivity index (χ0n) is 20.7. The molecule has 4 aromatic rings. The lowest BCUT2D eigenvalue weighted by Gasteiger charge is -2.26. The van der Waals surface area contributed by atoms with Gasteiger partial charge in [-0.05, 0) is 49.3 Å². The normalized spacial score (nSPS) is 17.0. The van der Waals surface area contributed by atoms with Gasteiger partial charge in [0.2, 0.25) is 0 Å². The van der Waals surface area contributed by atoms with Crippen LogP contribution in [0.3, 0.4) is 0 Å². The number of allylic oxidation sites excluding steroid dienone is 1. The van der Waals surface area contributed by atoms with E-state index in [0.29, 0.717) is 42.2 Å². The number of nitrogens with two attached hydrogens (primary N) is 1. The predicted molar refractivity (Wildman–Crippen MR) is 140 cm³/mol. The molecule has 6 rings (SSSR count). The molecule has 1 fully saturated rings. The van der Waals surface area contributed by atoms with Crippen molar-refractivity contribution in [2.75, 3.05) is 18.9 Å². The Kier molecular flexibility index (Phi) is 6.14. The van der Waals surface area contributed by atoms with Crippen LogP contribution in [0.1, 0.15) is 42.6 Å². The summed E-state index contributed by atoms with van der Waals surface area (Å²) in [6.07, 6.45) is 14.0. The van der Waals surface area contributed by atoms with E-state index in [0.717, 1.165) is 37.3 Å². The molecular formula is C27H32N8O. The second-order valence-electron chi connectivity index (χ2n) is 9.69. The highest BCUT2D eigenvalue weighted by atomic mass is 16.5. The molecule has 3 aromatic heterocycles. The molecule has 1 aliphatic carbocycles. The van der Waals surface area contributed by atoms with Gasteiger partial charge in [-0.15, -0.1) is 0 Å². The molecule has 9 nitrogen and oxygen atoms in total. The molecular weight excluding hydrogens is 452 g/mol. The van der Waals surface area contributed by atoms with Crippen molar-refractivity contribution in [3.8, 4) is 17.1 Å². The van der Waals surface area contributed by atoms with E-state index < -0.39 is 0 Å². The maximum atomic E-state index is 6.18. The average molecular weight is 485 g/mol. The minimum absolute atomic E-state index is 0.294. The zero-order chi connectivity index (χ0) is 24.5. The molecule has 3 N–H and O–H groups in total. The highest BCUT2D eigenvalue weighted by Gasteiger charge is 2.18. The number of nitrogen functional groups attached to an aromatic ring is 1. The van der Waals surface area contributed by atoms with Gasteiger partial charge in [-0.2, -0.15) is 15.1 Å². The summed E-state index contributed by atoms with van der Waals surface area (Å²) in [5.74, 6) is 1.19. The van der Waals surface area contributed by atoms with Crippen LogP contribution in [0.2, 0.25) is 0 Å². The Morgan fingerprint density at radius 2 is 2.08 bits per heavy atom. The van der Waals surface area contributed by atoms with Crippen LogP contribution in [0.4, 0.5) is 5.82 Å². The van der Waals surface area contributed by atoms with E-state index in [-0.39, 0.29) is 0 Å². The fraction of sp³-hybridized carbons (Fsp3) is 0.407. The van der Waals surface area contributed by atoms with E-state index >= 15 is 0 Å². The summed E-state index contributed by atoms with van der Waals surface area (Å²) in [6.45, 7) is 4.93. The smallest absolute Gasteiger partial charge is 0.320 e. The number of aryl methyl sites for hydroxylation is 1. The van der Waals surface area contributed by atoms with E-state index in [1.54, 1.807) is 0 Å². The lowest BCUT2D eigenvalue weighted by Crippen LogP contribution is -2.37. The summed E-state index contributed by atoms with van der Waals surface area (Å²) in [4.78, 5) is 13.5. The minimum Gasteiger partial charge on any atom is -0.463 e. The van der Waals surface area contributed by atoms with Gasteiger partial charge >= 0.3 is 6.01 Å². The second kappa shape index (κ2) is 9.73. The SMILES string of the molecule is Cc1nc2c(N)nc3nc2n1Cc1ccc(-c2cnn(CCNC4CCC4)c2)c(c1)C/C=C/CCO3. The molecule has 0 unspecified atom stereocenters. The van der Waals surface area contributed by atoms with E-state index in [2.05, 4.69) is 66.5 Å². The number of hydrogen-bond donors (Lipinski definition) is 2. The number of benzene rings is 1. The van der Waals surface area contributed by atoms with Crippen LogP contribution >= 0.6 is 0 Å². The Morgan fingerprint density at radius 1 is 1.17 bits per heavy atom. The molecule has 1 saturated carbocycles. The van der Waals surface area contributed by atoms with Crippen LogP contribution in [0.25, 0.3) is 22.3 Å². The highest BCUT2D eigenvalue weighted by Crippen LogP contribution is 2.28. The summed E-state index contributed by atoms with van der Waals surface area (Å²) in [5, 5.41) is 8.25. The number of nitrogens with zero attached hydrogens (tertiary/aromatic N) is 6. The number of aromatic nitrogens is 6. The molecule has 2 aliphatic rings. The van der Waals surface area contributed by atoms with Crippen molar-refractivity contribution in [3.63, 3.8) is 0 Å². The molecule has 4 heterocycles. The Balaban J connectivity index is 1.31. The fourth-order valence-electron chi connectivity index (χ4n) is 4.91. The van der Waals surface area contributed by atoms with Gasteiger partial charge in [-0.1, -0.05) is 36.8 Å². The zero-order valence-corrected chi connectivity index (χ0v) is 20.7. The number of imidazole rings is 1. The first-order valence-corrected chi connectivity index (χ1v) is 12.8. The molecule has 0 radical (unpaired) electrons. The van der Waals surface area contributed by atoms with E-state index in [4.69, 9.17) is 10.5 Å². The van der Waals surface area contributed by atoms with Gasteiger partial charge in [-0.25, -0.2) is 4.98 Å². The number of nitrogens with one attached hydrogen (secondary N) is 1. The fourth-order valence-corrected chi connectivity index (χ4v) is 4.91. The lowest BCUT2D eigenvalue weighted by atomic mass is 9.93. The highest BCUT2D eigenvalue weighted by molar-refractivity contribution is 5.82. The van der Waals surface area contributed by atoms with Crippen LogP contribution < -0.4 is 15.8 Å². The van der Waals surface area contributed by atoms with Gasteiger partial charge in [0.1, 0.15) is 5.82 Å². The van der Waals surface area contributed by atoms with Gasteiger partial charge in [0.25, 0.3) is 0 Å². The van der Waals surface area contributed by atoms with E-state index in [1.807, 2.05) is 17.8 Å². The first-order chi connectivity index (χ1) is 17.6. The van der Waals surface area contributed by atoms with Crippen LogP contribution in [0, 0.1) is 6.92 Å². The van der Waals surface area contributed by atoms with Crippen LogP contribution in [-0.2, 0) is 19.5 Å². The standard InChI is InChI=1S/C27H32N8O/c1-18-31-24-25(28)32-27-33-26(24)35(18)16-19-9-10-23(20(14-19)6-3-2-4-13-36-27)21-15-30-34(17-21)12-11-29-22-7-5-8-22/h2-3,9-10,14-15,17,22,29H,4-8,11-13,16H2,1H3,(H2,28,32,33)/b3-2+. The average Bonchev–Trinajstić information content (AvgIpc) is 3.43. The van der Waals surface area contributed by atoms with E-state index in [9.17, 15) is 0 Å². The third-order valence-electron chi connectivity index (χ3n) is 7.15. The molecule has 1 aromatic carbocycles. The molecule has 0 atom stereocenters. The number of anilines is 1. The lowest BCUT2D eigenvalue weighted by molar-refractivity contribution is 0.300. The van der Waals surface area contributed by atoms with Gasteiger partial charge in [0.05, 0.1) is 25.9 Å². The Bertz CT molecular complexity index is 1410. The number of fused-ring (bicyclic) bond motifs is 3. The quantitative estimate of drug-likeness (QED) is 0.416.